The first-order valence-corrected chi connectivity index (χ1v) is 7.78. The van der Waals surface area contributed by atoms with Crippen molar-refractivity contribution < 1.29 is 4.74 Å². The van der Waals surface area contributed by atoms with E-state index in [4.69, 9.17) is 4.74 Å². The van der Waals surface area contributed by atoms with Gasteiger partial charge in [0.2, 0.25) is 0 Å². The zero-order valence-corrected chi connectivity index (χ0v) is 12.9. The van der Waals surface area contributed by atoms with Crippen LogP contribution in [-0.2, 0) is 12.8 Å². The van der Waals surface area contributed by atoms with Gasteiger partial charge in [-0.3, -0.25) is 0 Å². The molecule has 0 bridgehead atoms. The summed E-state index contributed by atoms with van der Waals surface area (Å²) in [4.78, 5) is 0. The van der Waals surface area contributed by atoms with Crippen molar-refractivity contribution in [3.05, 3.63) is 39.8 Å². The second-order valence-corrected chi connectivity index (χ2v) is 5.76. The molecule has 0 aliphatic rings. The maximum absolute atomic E-state index is 5.16. The fourth-order valence-electron chi connectivity index (χ4n) is 1.88. The van der Waals surface area contributed by atoms with E-state index in [9.17, 15) is 0 Å². The highest BCUT2D eigenvalue weighted by Gasteiger charge is 2.05. The Morgan fingerprint density at radius 3 is 2.55 bits per heavy atom. The number of ether oxygens (including phenoxy) is 1. The van der Waals surface area contributed by atoms with E-state index in [1.165, 1.54) is 12.0 Å². The molecular weight excluding hydrogens is 270 g/mol. The Bertz CT molecular complexity index is 510. The van der Waals surface area contributed by atoms with E-state index < -0.39 is 0 Å². The minimum absolute atomic E-state index is 0.837. The number of benzene rings is 1. The minimum Gasteiger partial charge on any atom is -0.497 e. The van der Waals surface area contributed by atoms with Crippen LogP contribution in [0.3, 0.4) is 0 Å². The van der Waals surface area contributed by atoms with E-state index in [-0.39, 0.29) is 0 Å². The number of methoxy groups -OCH3 is 1. The molecule has 0 saturated carbocycles. The van der Waals surface area contributed by atoms with E-state index >= 15 is 0 Å². The fraction of sp³-hybridized carbons (Fsp3) is 0.467. The molecule has 0 aliphatic heterocycles. The maximum Gasteiger partial charge on any atom is 0.121 e. The molecule has 2 rings (SSSR count). The van der Waals surface area contributed by atoms with Crippen LogP contribution in [0.25, 0.3) is 0 Å². The molecule has 0 unspecified atom stereocenters. The van der Waals surface area contributed by atoms with Crippen LogP contribution >= 0.6 is 11.3 Å². The number of hydrogen-bond donors (Lipinski definition) is 1. The Hall–Kier alpha value is -1.46. The average molecular weight is 291 g/mol. The second-order valence-electron chi connectivity index (χ2n) is 4.61. The van der Waals surface area contributed by atoms with E-state index in [1.54, 1.807) is 18.4 Å². The first-order valence-electron chi connectivity index (χ1n) is 6.96. The summed E-state index contributed by atoms with van der Waals surface area (Å²) in [6.07, 6.45) is 2.96. The normalized spacial score (nSPS) is 10.7. The van der Waals surface area contributed by atoms with Gasteiger partial charge in [0.15, 0.2) is 0 Å². The Labute approximate surface area is 124 Å². The van der Waals surface area contributed by atoms with Gasteiger partial charge in [0.25, 0.3) is 0 Å². The maximum atomic E-state index is 5.16. The van der Waals surface area contributed by atoms with Crippen LogP contribution in [0.2, 0.25) is 0 Å². The molecular formula is C15H21N3OS. The van der Waals surface area contributed by atoms with Gasteiger partial charge >= 0.3 is 0 Å². The third-order valence-corrected chi connectivity index (χ3v) is 3.95. The molecule has 1 aromatic carbocycles. The predicted molar refractivity (Wildman–Crippen MR) is 82.6 cm³/mol. The van der Waals surface area contributed by atoms with E-state index in [2.05, 4.69) is 34.6 Å². The molecule has 4 nitrogen and oxygen atoms in total. The third-order valence-electron chi connectivity index (χ3n) is 2.97. The molecule has 0 atom stereocenters. The third kappa shape index (κ3) is 4.58. The average Bonchev–Trinajstić information content (AvgIpc) is 2.92. The zero-order valence-electron chi connectivity index (χ0n) is 12.1. The summed E-state index contributed by atoms with van der Waals surface area (Å²) >= 11 is 1.70. The highest BCUT2D eigenvalue weighted by molar-refractivity contribution is 7.11. The second kappa shape index (κ2) is 7.97. The fourth-order valence-corrected chi connectivity index (χ4v) is 2.75. The van der Waals surface area contributed by atoms with Crippen LogP contribution < -0.4 is 10.1 Å². The van der Waals surface area contributed by atoms with Crippen molar-refractivity contribution in [1.29, 1.82) is 0 Å². The van der Waals surface area contributed by atoms with Crippen LogP contribution in [-0.4, -0.2) is 30.4 Å². The van der Waals surface area contributed by atoms with Crippen molar-refractivity contribution >= 4 is 11.3 Å². The summed E-state index contributed by atoms with van der Waals surface area (Å²) in [5.74, 6) is 0.883. The predicted octanol–water partition coefficient (Wildman–Crippen LogP) is 2.68. The largest absolute Gasteiger partial charge is 0.497 e. The summed E-state index contributed by atoms with van der Waals surface area (Å²) in [5.41, 5.74) is 1.23. The Morgan fingerprint density at radius 1 is 1.10 bits per heavy atom. The van der Waals surface area contributed by atoms with Gasteiger partial charge < -0.3 is 10.1 Å². The van der Waals surface area contributed by atoms with Gasteiger partial charge in [0.1, 0.15) is 15.8 Å². The van der Waals surface area contributed by atoms with Crippen molar-refractivity contribution in [2.75, 3.05) is 20.2 Å². The quantitative estimate of drug-likeness (QED) is 0.760. The smallest absolute Gasteiger partial charge is 0.121 e. The Balaban J connectivity index is 1.85. The summed E-state index contributed by atoms with van der Waals surface area (Å²) in [5, 5.41) is 14.1. The lowest BCUT2D eigenvalue weighted by Gasteiger charge is -2.01. The minimum atomic E-state index is 0.837. The van der Waals surface area contributed by atoms with Crippen molar-refractivity contribution in [2.45, 2.75) is 26.2 Å². The molecule has 0 fully saturated rings. The number of nitrogens with zero attached hydrogens (tertiary/aromatic N) is 2. The highest BCUT2D eigenvalue weighted by atomic mass is 32.1. The van der Waals surface area contributed by atoms with Crippen LogP contribution in [0.4, 0.5) is 0 Å². The SMILES string of the molecule is CCCNCCc1nnc(Cc2ccc(OC)cc2)s1. The van der Waals surface area contributed by atoms with E-state index in [0.29, 0.717) is 0 Å². The van der Waals surface area contributed by atoms with Gasteiger partial charge in [-0.25, -0.2) is 0 Å². The molecule has 0 aliphatic carbocycles. The lowest BCUT2D eigenvalue weighted by Crippen LogP contribution is -2.17. The summed E-state index contributed by atoms with van der Waals surface area (Å²) in [6, 6.07) is 8.10. The molecule has 1 heterocycles. The molecule has 0 amide bonds. The molecule has 20 heavy (non-hydrogen) atoms. The van der Waals surface area contributed by atoms with Crippen molar-refractivity contribution in [3.63, 3.8) is 0 Å². The molecule has 5 heteroatoms. The highest BCUT2D eigenvalue weighted by Crippen LogP contribution is 2.17. The van der Waals surface area contributed by atoms with Crippen molar-refractivity contribution in [2.24, 2.45) is 0 Å². The zero-order chi connectivity index (χ0) is 14.2. The van der Waals surface area contributed by atoms with E-state index in [0.717, 1.165) is 41.7 Å². The Morgan fingerprint density at radius 2 is 1.85 bits per heavy atom. The molecule has 108 valence electrons. The van der Waals surface area contributed by atoms with Crippen LogP contribution in [0.1, 0.15) is 28.9 Å². The molecule has 0 radical (unpaired) electrons. The molecule has 2 aromatic rings. The number of nitrogens with one attached hydrogen (secondary N) is 1. The van der Waals surface area contributed by atoms with Crippen LogP contribution in [0.5, 0.6) is 5.75 Å². The molecule has 0 saturated heterocycles. The van der Waals surface area contributed by atoms with Gasteiger partial charge in [0.05, 0.1) is 7.11 Å². The number of rotatable bonds is 8. The summed E-state index contributed by atoms with van der Waals surface area (Å²) < 4.78 is 5.16. The van der Waals surface area contributed by atoms with Gasteiger partial charge in [-0.05, 0) is 30.7 Å². The topological polar surface area (TPSA) is 47.0 Å². The summed E-state index contributed by atoms with van der Waals surface area (Å²) in [7, 11) is 1.68. The first kappa shape index (κ1) is 14.9. The molecule has 0 spiro atoms. The lowest BCUT2D eigenvalue weighted by atomic mass is 10.1. The first-order chi connectivity index (χ1) is 9.81. The Kier molecular flexibility index (Phi) is 5.95. The summed E-state index contributed by atoms with van der Waals surface area (Å²) in [6.45, 7) is 4.22. The van der Waals surface area contributed by atoms with Crippen molar-refractivity contribution in [3.8, 4) is 5.75 Å². The lowest BCUT2D eigenvalue weighted by molar-refractivity contribution is 0.414. The monoisotopic (exact) mass is 291 g/mol. The van der Waals surface area contributed by atoms with Crippen molar-refractivity contribution in [1.82, 2.24) is 15.5 Å². The standard InChI is InChI=1S/C15H21N3OS/c1-3-9-16-10-8-14-17-18-15(20-14)11-12-4-6-13(19-2)7-5-12/h4-7,16H,3,8-11H2,1-2H3. The van der Waals surface area contributed by atoms with Crippen LogP contribution in [0, 0.1) is 0 Å². The number of hydrogen-bond acceptors (Lipinski definition) is 5. The van der Waals surface area contributed by atoms with Gasteiger partial charge in [-0.1, -0.05) is 19.1 Å². The van der Waals surface area contributed by atoms with Gasteiger partial charge in [0, 0.05) is 19.4 Å². The van der Waals surface area contributed by atoms with E-state index in [1.807, 2.05) is 12.1 Å². The van der Waals surface area contributed by atoms with Gasteiger partial charge in [-0.15, -0.1) is 21.5 Å². The van der Waals surface area contributed by atoms with Crippen LogP contribution in [0.15, 0.2) is 24.3 Å². The molecule has 1 aromatic heterocycles. The molecule has 1 N–H and O–H groups in total. The van der Waals surface area contributed by atoms with Gasteiger partial charge in [-0.2, -0.15) is 0 Å². The number of aromatic nitrogens is 2.